The molecule has 5 nitrogen and oxygen atoms in total. The minimum Gasteiger partial charge on any atom is -0.348 e. The van der Waals surface area contributed by atoms with Crippen molar-refractivity contribution >= 4 is 27.5 Å². The predicted octanol–water partition coefficient (Wildman–Crippen LogP) is 3.44. The molecule has 0 spiro atoms. The summed E-state index contributed by atoms with van der Waals surface area (Å²) in [4.78, 5) is 12.4. The molecule has 7 heteroatoms. The summed E-state index contributed by atoms with van der Waals surface area (Å²) < 4.78 is 27.2. The fraction of sp³-hybridized carbons (Fsp3) is 0.316. The van der Waals surface area contributed by atoms with Crippen molar-refractivity contribution in [3.05, 3.63) is 64.7 Å². The van der Waals surface area contributed by atoms with Crippen LogP contribution in [0.15, 0.2) is 53.4 Å². The van der Waals surface area contributed by atoms with Crippen LogP contribution in [0.2, 0.25) is 5.02 Å². The molecule has 138 valence electrons. The number of piperidine rings is 1. The standard InChI is InChI=1S/C19H21ClN2O3S/c20-17-10-9-16(19(23)21-14-15-7-3-1-4-8-15)13-18(17)26(24,25)22-11-5-2-6-12-22/h1,3-4,7-10,13H,2,5-6,11-12,14H2,(H,21,23). The van der Waals surface area contributed by atoms with Crippen molar-refractivity contribution in [3.63, 3.8) is 0 Å². The molecule has 0 radical (unpaired) electrons. The molecular weight excluding hydrogens is 372 g/mol. The number of nitrogens with zero attached hydrogens (tertiary/aromatic N) is 1. The lowest BCUT2D eigenvalue weighted by molar-refractivity contribution is 0.0950. The highest BCUT2D eigenvalue weighted by Gasteiger charge is 2.28. The van der Waals surface area contributed by atoms with E-state index >= 15 is 0 Å². The molecule has 1 N–H and O–H groups in total. The zero-order valence-electron chi connectivity index (χ0n) is 14.3. The van der Waals surface area contributed by atoms with E-state index in [9.17, 15) is 13.2 Å². The van der Waals surface area contributed by atoms with Gasteiger partial charge in [0.2, 0.25) is 10.0 Å². The first kappa shape index (κ1) is 18.9. The normalized spacial score (nSPS) is 15.6. The van der Waals surface area contributed by atoms with E-state index in [0.29, 0.717) is 19.6 Å². The summed E-state index contributed by atoms with van der Waals surface area (Å²) in [5, 5.41) is 2.94. The van der Waals surface area contributed by atoms with Crippen LogP contribution >= 0.6 is 11.6 Å². The number of carbonyl (C=O) groups is 1. The van der Waals surface area contributed by atoms with Crippen LogP contribution in [0.5, 0.6) is 0 Å². The van der Waals surface area contributed by atoms with Gasteiger partial charge in [0.1, 0.15) is 4.90 Å². The quantitative estimate of drug-likeness (QED) is 0.847. The number of carbonyl (C=O) groups excluding carboxylic acids is 1. The van der Waals surface area contributed by atoms with Gasteiger partial charge in [0, 0.05) is 25.2 Å². The largest absolute Gasteiger partial charge is 0.348 e. The first-order valence-corrected chi connectivity index (χ1v) is 10.4. The van der Waals surface area contributed by atoms with E-state index in [2.05, 4.69) is 5.32 Å². The first-order valence-electron chi connectivity index (χ1n) is 8.60. The highest BCUT2D eigenvalue weighted by Crippen LogP contribution is 2.27. The Hall–Kier alpha value is -1.89. The van der Waals surface area contributed by atoms with E-state index < -0.39 is 10.0 Å². The zero-order valence-corrected chi connectivity index (χ0v) is 15.9. The minimum atomic E-state index is -3.69. The van der Waals surface area contributed by atoms with Crippen LogP contribution in [-0.4, -0.2) is 31.7 Å². The summed E-state index contributed by atoms with van der Waals surface area (Å²) in [6.07, 6.45) is 2.71. The molecule has 1 aliphatic rings. The average Bonchev–Trinajstić information content (AvgIpc) is 2.68. The Morgan fingerprint density at radius 2 is 1.73 bits per heavy atom. The average molecular weight is 393 g/mol. The molecule has 0 unspecified atom stereocenters. The van der Waals surface area contributed by atoms with E-state index in [1.54, 1.807) is 0 Å². The number of halogens is 1. The molecule has 0 saturated carbocycles. The molecule has 0 bridgehead atoms. The number of hydrogen-bond donors (Lipinski definition) is 1. The van der Waals surface area contributed by atoms with Gasteiger partial charge < -0.3 is 5.32 Å². The maximum atomic E-state index is 12.9. The van der Waals surface area contributed by atoms with Crippen LogP contribution < -0.4 is 5.32 Å². The van der Waals surface area contributed by atoms with Gasteiger partial charge in [0.25, 0.3) is 5.91 Å². The van der Waals surface area contributed by atoms with E-state index in [1.807, 2.05) is 30.3 Å². The molecule has 0 atom stereocenters. The molecule has 1 saturated heterocycles. The van der Waals surface area contributed by atoms with Crippen molar-refractivity contribution < 1.29 is 13.2 Å². The van der Waals surface area contributed by atoms with Crippen LogP contribution in [0.25, 0.3) is 0 Å². The molecule has 3 rings (SSSR count). The van der Waals surface area contributed by atoms with Gasteiger partial charge in [-0.25, -0.2) is 8.42 Å². The van der Waals surface area contributed by atoms with Crippen LogP contribution in [0.1, 0.15) is 35.2 Å². The number of rotatable bonds is 5. The highest BCUT2D eigenvalue weighted by molar-refractivity contribution is 7.89. The lowest BCUT2D eigenvalue weighted by Crippen LogP contribution is -2.36. The zero-order chi connectivity index (χ0) is 18.6. The fourth-order valence-electron chi connectivity index (χ4n) is 2.97. The molecule has 0 aromatic heterocycles. The van der Waals surface area contributed by atoms with Crippen LogP contribution in [-0.2, 0) is 16.6 Å². The Morgan fingerprint density at radius 1 is 1.04 bits per heavy atom. The maximum absolute atomic E-state index is 12.9. The molecule has 26 heavy (non-hydrogen) atoms. The van der Waals surface area contributed by atoms with Gasteiger partial charge in [-0.3, -0.25) is 4.79 Å². The molecule has 2 aromatic carbocycles. The van der Waals surface area contributed by atoms with Crippen LogP contribution in [0.4, 0.5) is 0 Å². The molecule has 0 aliphatic carbocycles. The topological polar surface area (TPSA) is 66.5 Å². The number of amides is 1. The van der Waals surface area contributed by atoms with Gasteiger partial charge in [-0.15, -0.1) is 0 Å². The Morgan fingerprint density at radius 3 is 2.42 bits per heavy atom. The second-order valence-electron chi connectivity index (χ2n) is 6.28. The Bertz CT molecular complexity index is 879. The predicted molar refractivity (Wildman–Crippen MR) is 102 cm³/mol. The summed E-state index contributed by atoms with van der Waals surface area (Å²) in [5.74, 6) is -0.333. The van der Waals surface area contributed by atoms with Crippen molar-refractivity contribution in [1.82, 2.24) is 9.62 Å². The van der Waals surface area contributed by atoms with Gasteiger partial charge in [0.05, 0.1) is 5.02 Å². The van der Waals surface area contributed by atoms with E-state index in [1.165, 1.54) is 22.5 Å². The summed E-state index contributed by atoms with van der Waals surface area (Å²) >= 11 is 6.14. The molecule has 1 aliphatic heterocycles. The summed E-state index contributed by atoms with van der Waals surface area (Å²) in [6, 6.07) is 13.9. The third-order valence-corrected chi connectivity index (χ3v) is 6.80. The van der Waals surface area contributed by atoms with Gasteiger partial charge in [0.15, 0.2) is 0 Å². The summed E-state index contributed by atoms with van der Waals surface area (Å²) in [5.41, 5.74) is 1.25. The second-order valence-corrected chi connectivity index (χ2v) is 8.59. The summed E-state index contributed by atoms with van der Waals surface area (Å²) in [6.45, 7) is 1.35. The van der Waals surface area contributed by atoms with E-state index in [4.69, 9.17) is 11.6 Å². The molecular formula is C19H21ClN2O3S. The molecule has 1 amide bonds. The van der Waals surface area contributed by atoms with Gasteiger partial charge in [-0.2, -0.15) is 4.31 Å². The van der Waals surface area contributed by atoms with Crippen molar-refractivity contribution in [1.29, 1.82) is 0 Å². The molecule has 1 fully saturated rings. The smallest absolute Gasteiger partial charge is 0.251 e. The van der Waals surface area contributed by atoms with Gasteiger partial charge in [-0.1, -0.05) is 48.4 Å². The van der Waals surface area contributed by atoms with Gasteiger partial charge >= 0.3 is 0 Å². The lowest BCUT2D eigenvalue weighted by Gasteiger charge is -2.26. The number of benzene rings is 2. The monoisotopic (exact) mass is 392 g/mol. The Labute approximate surface area is 159 Å². The maximum Gasteiger partial charge on any atom is 0.251 e. The van der Waals surface area contributed by atoms with E-state index in [-0.39, 0.29) is 21.4 Å². The van der Waals surface area contributed by atoms with E-state index in [0.717, 1.165) is 24.8 Å². The first-order chi connectivity index (χ1) is 12.5. The van der Waals surface area contributed by atoms with Crippen molar-refractivity contribution in [2.45, 2.75) is 30.7 Å². The second kappa shape index (κ2) is 8.20. The lowest BCUT2D eigenvalue weighted by atomic mass is 10.2. The third-order valence-electron chi connectivity index (χ3n) is 4.42. The third kappa shape index (κ3) is 4.26. The minimum absolute atomic E-state index is 0.00609. The molecule has 1 heterocycles. The fourth-order valence-corrected chi connectivity index (χ4v) is 4.98. The van der Waals surface area contributed by atoms with Gasteiger partial charge in [-0.05, 0) is 36.6 Å². The number of nitrogens with one attached hydrogen (secondary N) is 1. The Balaban J connectivity index is 1.79. The number of sulfonamides is 1. The summed E-state index contributed by atoms with van der Waals surface area (Å²) in [7, 11) is -3.69. The SMILES string of the molecule is O=C(NCc1ccccc1)c1ccc(Cl)c(S(=O)(=O)N2CCCCC2)c1. The number of hydrogen-bond acceptors (Lipinski definition) is 3. The van der Waals surface area contributed by atoms with Crippen LogP contribution in [0.3, 0.4) is 0 Å². The highest BCUT2D eigenvalue weighted by atomic mass is 35.5. The molecule has 2 aromatic rings. The van der Waals surface area contributed by atoms with Crippen molar-refractivity contribution in [3.8, 4) is 0 Å². The van der Waals surface area contributed by atoms with Crippen molar-refractivity contribution in [2.24, 2.45) is 0 Å². The van der Waals surface area contributed by atoms with Crippen molar-refractivity contribution in [2.75, 3.05) is 13.1 Å². The van der Waals surface area contributed by atoms with Crippen LogP contribution in [0, 0.1) is 0 Å². The Kier molecular flexibility index (Phi) is 5.96.